The molecule has 0 saturated carbocycles. The number of carbonyl (C=O) groups is 1. The molecular weight excluding hydrogens is 238 g/mol. The minimum atomic E-state index is 0.285. The first-order valence-corrected chi connectivity index (χ1v) is 5.41. The van der Waals surface area contributed by atoms with E-state index in [2.05, 4.69) is 4.98 Å². The van der Waals surface area contributed by atoms with Crippen LogP contribution in [0.3, 0.4) is 0 Å². The molecule has 0 aliphatic heterocycles. The number of aromatic nitrogens is 1. The number of hydrogen-bond acceptors (Lipinski definition) is 3. The van der Waals surface area contributed by atoms with Crippen LogP contribution in [0.4, 0.5) is 0 Å². The van der Waals surface area contributed by atoms with E-state index in [-0.39, 0.29) is 5.56 Å². The highest BCUT2D eigenvalue weighted by Crippen LogP contribution is 2.28. The SMILES string of the molecule is Cc1ccc2c(Cl)c(C=O)c(/C=C/O)nc2c1. The molecule has 1 aromatic carbocycles. The molecule has 0 amide bonds. The third kappa shape index (κ3) is 2.01. The minimum absolute atomic E-state index is 0.285. The summed E-state index contributed by atoms with van der Waals surface area (Å²) in [6, 6.07) is 5.62. The molecule has 1 aromatic heterocycles. The number of fused-ring (bicyclic) bond motifs is 1. The van der Waals surface area contributed by atoms with Gasteiger partial charge in [-0.05, 0) is 24.6 Å². The fourth-order valence-corrected chi connectivity index (χ4v) is 1.98. The van der Waals surface area contributed by atoms with E-state index in [9.17, 15) is 4.79 Å². The first kappa shape index (κ1) is 11.6. The maximum atomic E-state index is 11.0. The number of halogens is 1. The van der Waals surface area contributed by atoms with Crippen molar-refractivity contribution in [3.8, 4) is 0 Å². The molecule has 0 radical (unpaired) electrons. The monoisotopic (exact) mass is 247 g/mol. The third-order valence-electron chi connectivity index (χ3n) is 2.49. The molecule has 3 nitrogen and oxygen atoms in total. The van der Waals surface area contributed by atoms with E-state index in [4.69, 9.17) is 16.7 Å². The van der Waals surface area contributed by atoms with Gasteiger partial charge < -0.3 is 5.11 Å². The van der Waals surface area contributed by atoms with E-state index in [1.807, 2.05) is 25.1 Å². The molecule has 0 unspecified atom stereocenters. The Balaban J connectivity index is 2.87. The molecule has 4 heteroatoms. The molecule has 0 bridgehead atoms. The molecule has 0 atom stereocenters. The van der Waals surface area contributed by atoms with E-state index in [0.717, 1.165) is 17.2 Å². The Labute approximate surface area is 103 Å². The van der Waals surface area contributed by atoms with Crippen molar-refractivity contribution in [2.75, 3.05) is 0 Å². The van der Waals surface area contributed by atoms with Gasteiger partial charge in [0.2, 0.25) is 0 Å². The van der Waals surface area contributed by atoms with Crippen LogP contribution in [0, 0.1) is 6.92 Å². The molecule has 0 fully saturated rings. The molecule has 0 aliphatic carbocycles. The number of pyridine rings is 1. The lowest BCUT2D eigenvalue weighted by Crippen LogP contribution is -1.95. The number of aliphatic hydroxyl groups is 1. The van der Waals surface area contributed by atoms with Crippen LogP contribution in [0.1, 0.15) is 21.6 Å². The predicted octanol–water partition coefficient (Wildman–Crippen LogP) is 3.54. The second kappa shape index (κ2) is 4.55. The summed E-state index contributed by atoms with van der Waals surface area (Å²) in [6.45, 7) is 1.95. The molecule has 0 saturated heterocycles. The molecule has 0 aliphatic rings. The number of carbonyl (C=O) groups excluding carboxylic acids is 1. The Morgan fingerprint density at radius 1 is 1.41 bits per heavy atom. The van der Waals surface area contributed by atoms with Gasteiger partial charge in [-0.2, -0.15) is 0 Å². The fraction of sp³-hybridized carbons (Fsp3) is 0.0769. The highest BCUT2D eigenvalue weighted by atomic mass is 35.5. The van der Waals surface area contributed by atoms with Crippen LogP contribution in [-0.2, 0) is 0 Å². The van der Waals surface area contributed by atoms with E-state index in [1.165, 1.54) is 6.08 Å². The van der Waals surface area contributed by atoms with Gasteiger partial charge in [0.05, 0.1) is 28.1 Å². The first-order chi connectivity index (χ1) is 8.17. The van der Waals surface area contributed by atoms with Crippen molar-refractivity contribution in [2.45, 2.75) is 6.92 Å². The zero-order chi connectivity index (χ0) is 12.4. The predicted molar refractivity (Wildman–Crippen MR) is 68.5 cm³/mol. The first-order valence-electron chi connectivity index (χ1n) is 5.03. The van der Waals surface area contributed by atoms with Gasteiger partial charge >= 0.3 is 0 Å². The number of aldehydes is 1. The van der Waals surface area contributed by atoms with Crippen LogP contribution >= 0.6 is 11.6 Å². The van der Waals surface area contributed by atoms with Crippen molar-refractivity contribution in [1.82, 2.24) is 4.98 Å². The molecule has 1 heterocycles. The van der Waals surface area contributed by atoms with E-state index in [1.54, 1.807) is 0 Å². The number of aryl methyl sites for hydroxylation is 1. The van der Waals surface area contributed by atoms with E-state index < -0.39 is 0 Å². The third-order valence-corrected chi connectivity index (χ3v) is 2.90. The van der Waals surface area contributed by atoms with Crippen LogP contribution in [0.2, 0.25) is 5.02 Å². The number of aliphatic hydroxyl groups excluding tert-OH is 1. The zero-order valence-corrected chi connectivity index (χ0v) is 9.90. The van der Waals surface area contributed by atoms with Gasteiger partial charge in [0.1, 0.15) is 0 Å². The lowest BCUT2D eigenvalue weighted by molar-refractivity contribution is 0.112. The van der Waals surface area contributed by atoms with Crippen LogP contribution in [0.25, 0.3) is 17.0 Å². The average Bonchev–Trinajstić information content (AvgIpc) is 2.29. The quantitative estimate of drug-likeness (QED) is 0.652. The number of hydrogen-bond donors (Lipinski definition) is 1. The van der Waals surface area contributed by atoms with Gasteiger partial charge in [-0.25, -0.2) is 4.98 Å². The van der Waals surface area contributed by atoms with Gasteiger partial charge in [0.25, 0.3) is 0 Å². The molecule has 1 N–H and O–H groups in total. The van der Waals surface area contributed by atoms with Gasteiger partial charge in [-0.1, -0.05) is 23.7 Å². The maximum Gasteiger partial charge on any atom is 0.153 e. The Hall–Kier alpha value is -1.87. The van der Waals surface area contributed by atoms with Crippen molar-refractivity contribution >= 4 is 34.9 Å². The lowest BCUT2D eigenvalue weighted by atomic mass is 10.1. The number of nitrogens with zero attached hydrogens (tertiary/aromatic N) is 1. The minimum Gasteiger partial charge on any atom is -0.516 e. The summed E-state index contributed by atoms with van der Waals surface area (Å²) >= 11 is 6.15. The molecule has 17 heavy (non-hydrogen) atoms. The Morgan fingerprint density at radius 2 is 2.18 bits per heavy atom. The highest BCUT2D eigenvalue weighted by molar-refractivity contribution is 6.38. The van der Waals surface area contributed by atoms with Crippen molar-refractivity contribution in [1.29, 1.82) is 0 Å². The summed E-state index contributed by atoms with van der Waals surface area (Å²) in [4.78, 5) is 15.3. The average molecular weight is 248 g/mol. The standard InChI is InChI=1S/C13H10ClNO2/c1-8-2-3-9-12(6-8)15-11(4-5-16)10(7-17)13(9)14/h2-7,16H,1H3/b5-4+. The smallest absolute Gasteiger partial charge is 0.153 e. The molecular formula is C13H10ClNO2. The van der Waals surface area contributed by atoms with Gasteiger partial charge in [0, 0.05) is 5.39 Å². The van der Waals surface area contributed by atoms with Crippen molar-refractivity contribution in [3.05, 3.63) is 46.3 Å². The lowest BCUT2D eigenvalue weighted by Gasteiger charge is -2.06. The second-order valence-corrected chi connectivity index (χ2v) is 4.06. The highest BCUT2D eigenvalue weighted by Gasteiger charge is 2.11. The molecule has 2 rings (SSSR count). The van der Waals surface area contributed by atoms with Crippen molar-refractivity contribution in [3.63, 3.8) is 0 Å². The summed E-state index contributed by atoms with van der Waals surface area (Å²) < 4.78 is 0. The van der Waals surface area contributed by atoms with Gasteiger partial charge in [0.15, 0.2) is 6.29 Å². The largest absolute Gasteiger partial charge is 0.516 e. The number of benzene rings is 1. The summed E-state index contributed by atoms with van der Waals surface area (Å²) in [5.41, 5.74) is 2.41. The Bertz CT molecular complexity index is 620. The zero-order valence-electron chi connectivity index (χ0n) is 9.14. The fourth-order valence-electron chi connectivity index (χ4n) is 1.68. The summed E-state index contributed by atoms with van der Waals surface area (Å²) in [7, 11) is 0. The Morgan fingerprint density at radius 3 is 2.82 bits per heavy atom. The topological polar surface area (TPSA) is 50.2 Å². The van der Waals surface area contributed by atoms with Crippen molar-refractivity contribution in [2.24, 2.45) is 0 Å². The van der Waals surface area contributed by atoms with Crippen LogP contribution < -0.4 is 0 Å². The number of rotatable bonds is 2. The summed E-state index contributed by atoms with van der Waals surface area (Å²) in [6.07, 6.45) is 2.83. The second-order valence-electron chi connectivity index (χ2n) is 3.68. The van der Waals surface area contributed by atoms with Crippen molar-refractivity contribution < 1.29 is 9.90 Å². The maximum absolute atomic E-state index is 11.0. The van der Waals surface area contributed by atoms with Crippen LogP contribution in [-0.4, -0.2) is 16.4 Å². The van der Waals surface area contributed by atoms with Gasteiger partial charge in [-0.15, -0.1) is 0 Å². The molecule has 2 aromatic rings. The molecule has 0 spiro atoms. The summed E-state index contributed by atoms with van der Waals surface area (Å²) in [5.74, 6) is 0. The van der Waals surface area contributed by atoms with Crippen LogP contribution in [0.5, 0.6) is 0 Å². The van der Waals surface area contributed by atoms with Crippen LogP contribution in [0.15, 0.2) is 24.5 Å². The van der Waals surface area contributed by atoms with E-state index >= 15 is 0 Å². The van der Waals surface area contributed by atoms with Gasteiger partial charge in [-0.3, -0.25) is 4.79 Å². The normalized spacial score (nSPS) is 11.2. The summed E-state index contributed by atoms with van der Waals surface area (Å²) in [5, 5.41) is 9.87. The van der Waals surface area contributed by atoms with E-state index in [0.29, 0.717) is 22.5 Å². The molecule has 86 valence electrons. The Kier molecular flexibility index (Phi) is 3.11.